The second-order valence-electron chi connectivity index (χ2n) is 5.05. The van der Waals surface area contributed by atoms with Crippen LogP contribution in [0.1, 0.15) is 9.75 Å². The van der Waals surface area contributed by atoms with E-state index in [1.165, 1.54) is 20.9 Å². The highest BCUT2D eigenvalue weighted by molar-refractivity contribution is 7.16. The summed E-state index contributed by atoms with van der Waals surface area (Å²) >= 11 is 3.41. The average Bonchev–Trinajstić information content (AvgIpc) is 3.31. The summed E-state index contributed by atoms with van der Waals surface area (Å²) in [7, 11) is 0. The first-order valence-electron chi connectivity index (χ1n) is 7.41. The van der Waals surface area contributed by atoms with Crippen molar-refractivity contribution < 1.29 is 0 Å². The third-order valence-corrected chi connectivity index (χ3v) is 5.55. The second-order valence-corrected chi connectivity index (χ2v) is 7.22. The van der Waals surface area contributed by atoms with Crippen molar-refractivity contribution in [2.24, 2.45) is 0 Å². The van der Waals surface area contributed by atoms with Crippen molar-refractivity contribution in [2.45, 2.75) is 0 Å². The van der Waals surface area contributed by atoms with Gasteiger partial charge in [-0.3, -0.25) is 9.97 Å². The molecule has 4 heterocycles. The first-order valence-corrected chi connectivity index (χ1v) is 9.04. The van der Waals surface area contributed by atoms with Crippen LogP contribution in [0.5, 0.6) is 0 Å². The van der Waals surface area contributed by atoms with Crippen LogP contribution >= 0.6 is 22.7 Å². The van der Waals surface area contributed by atoms with E-state index in [0.29, 0.717) is 0 Å². The molecule has 0 aromatic carbocycles. The van der Waals surface area contributed by atoms with Crippen LogP contribution in [0.15, 0.2) is 73.3 Å². The van der Waals surface area contributed by atoms with Crippen LogP contribution in [-0.2, 0) is 0 Å². The number of nitrogens with zero attached hydrogens (tertiary/aromatic N) is 2. The highest BCUT2D eigenvalue weighted by Crippen LogP contribution is 2.28. The van der Waals surface area contributed by atoms with E-state index in [1.54, 1.807) is 22.7 Å². The lowest BCUT2D eigenvalue weighted by molar-refractivity contribution is 1.33. The summed E-state index contributed by atoms with van der Waals surface area (Å²) < 4.78 is 0. The molecule has 0 unspecified atom stereocenters. The van der Waals surface area contributed by atoms with Crippen molar-refractivity contribution in [3.63, 3.8) is 0 Å². The molecule has 0 amide bonds. The smallest absolute Gasteiger partial charge is 0.0779 e. The first-order chi connectivity index (χ1) is 11.9. The van der Waals surface area contributed by atoms with Gasteiger partial charge in [-0.15, -0.1) is 22.7 Å². The third-order valence-electron chi connectivity index (χ3n) is 3.45. The van der Waals surface area contributed by atoms with Gasteiger partial charge in [-0.05, 0) is 71.5 Å². The maximum Gasteiger partial charge on any atom is 0.0779 e. The van der Waals surface area contributed by atoms with E-state index in [-0.39, 0.29) is 0 Å². The van der Waals surface area contributed by atoms with Gasteiger partial charge in [0.15, 0.2) is 0 Å². The van der Waals surface area contributed by atoms with Crippen LogP contribution in [0.25, 0.3) is 20.9 Å². The Balaban J connectivity index is 1.55. The number of pyridine rings is 2. The summed E-state index contributed by atoms with van der Waals surface area (Å²) in [6, 6.07) is 16.4. The molecule has 0 aliphatic carbocycles. The summed E-state index contributed by atoms with van der Waals surface area (Å²) in [5.74, 6) is 6.53. The topological polar surface area (TPSA) is 25.8 Å². The van der Waals surface area contributed by atoms with Gasteiger partial charge in [0.25, 0.3) is 0 Å². The predicted octanol–water partition coefficient (Wildman–Crippen LogP) is 5.33. The molecule has 0 radical (unpaired) electrons. The molecule has 0 saturated carbocycles. The van der Waals surface area contributed by atoms with Gasteiger partial charge in [-0.25, -0.2) is 0 Å². The highest BCUT2D eigenvalue weighted by atomic mass is 32.1. The molecule has 4 rings (SSSR count). The van der Waals surface area contributed by atoms with Crippen molar-refractivity contribution in [2.75, 3.05) is 0 Å². The van der Waals surface area contributed by atoms with Crippen LogP contribution in [0.3, 0.4) is 0 Å². The van der Waals surface area contributed by atoms with E-state index in [1.807, 2.05) is 49.1 Å². The lowest BCUT2D eigenvalue weighted by Crippen LogP contribution is -1.71. The number of aromatic nitrogens is 2. The van der Waals surface area contributed by atoms with Gasteiger partial charge in [0.1, 0.15) is 0 Å². The normalized spacial score (nSPS) is 10.2. The Morgan fingerprint density at radius 2 is 0.958 bits per heavy atom. The molecule has 2 nitrogen and oxygen atoms in total. The van der Waals surface area contributed by atoms with Gasteiger partial charge in [-0.2, -0.15) is 0 Å². The summed E-state index contributed by atoms with van der Waals surface area (Å²) in [5, 5.41) is 0. The Labute approximate surface area is 148 Å². The molecular formula is C20H12N2S2. The molecular weight excluding hydrogens is 332 g/mol. The summed E-state index contributed by atoms with van der Waals surface area (Å²) in [6.45, 7) is 0. The van der Waals surface area contributed by atoms with Crippen molar-refractivity contribution in [3.8, 4) is 32.7 Å². The zero-order valence-electron chi connectivity index (χ0n) is 12.6. The average molecular weight is 344 g/mol. The van der Waals surface area contributed by atoms with E-state index >= 15 is 0 Å². The van der Waals surface area contributed by atoms with Gasteiger partial charge in [0, 0.05) is 34.5 Å². The fraction of sp³-hybridized carbons (Fsp3) is 0. The van der Waals surface area contributed by atoms with Crippen LogP contribution in [0, 0.1) is 11.8 Å². The molecule has 0 aliphatic rings. The standard InChI is InChI=1S/C20H12N2S2/c1(17-3-5-19(23-17)15-7-11-21-12-8-15)2-18-4-6-20(24-18)16-9-13-22-14-10-16/h3-14H. The minimum Gasteiger partial charge on any atom is -0.265 e. The zero-order valence-corrected chi connectivity index (χ0v) is 14.3. The minimum absolute atomic E-state index is 1.07. The molecule has 114 valence electrons. The molecule has 0 atom stereocenters. The molecule has 4 heteroatoms. The molecule has 0 spiro atoms. The van der Waals surface area contributed by atoms with Crippen molar-refractivity contribution in [1.82, 2.24) is 9.97 Å². The Morgan fingerprint density at radius 3 is 1.38 bits per heavy atom. The second kappa shape index (κ2) is 6.79. The lowest BCUT2D eigenvalue weighted by Gasteiger charge is -1.93. The number of hydrogen-bond acceptors (Lipinski definition) is 4. The van der Waals surface area contributed by atoms with Crippen molar-refractivity contribution in [1.29, 1.82) is 0 Å². The molecule has 0 aliphatic heterocycles. The Hall–Kier alpha value is -2.74. The van der Waals surface area contributed by atoms with E-state index < -0.39 is 0 Å². The van der Waals surface area contributed by atoms with Gasteiger partial charge < -0.3 is 0 Å². The lowest BCUT2D eigenvalue weighted by atomic mass is 10.2. The Morgan fingerprint density at radius 1 is 0.542 bits per heavy atom. The van der Waals surface area contributed by atoms with E-state index in [4.69, 9.17) is 0 Å². The monoisotopic (exact) mass is 344 g/mol. The fourth-order valence-electron chi connectivity index (χ4n) is 2.28. The van der Waals surface area contributed by atoms with Crippen LogP contribution < -0.4 is 0 Å². The number of hydrogen-bond donors (Lipinski definition) is 0. The zero-order chi connectivity index (χ0) is 16.2. The molecule has 0 saturated heterocycles. The van der Waals surface area contributed by atoms with Gasteiger partial charge in [0.05, 0.1) is 9.75 Å². The quantitative estimate of drug-likeness (QED) is 0.459. The molecule has 24 heavy (non-hydrogen) atoms. The Kier molecular flexibility index (Phi) is 4.20. The van der Waals surface area contributed by atoms with Gasteiger partial charge in [0.2, 0.25) is 0 Å². The minimum atomic E-state index is 1.07. The molecule has 4 aromatic rings. The SMILES string of the molecule is C(#Cc1ccc(-c2ccncc2)s1)c1ccc(-c2ccncc2)s1. The summed E-state index contributed by atoms with van der Waals surface area (Å²) in [5.41, 5.74) is 2.36. The number of rotatable bonds is 2. The third kappa shape index (κ3) is 3.28. The van der Waals surface area contributed by atoms with Crippen molar-refractivity contribution in [3.05, 3.63) is 83.1 Å². The Bertz CT molecular complexity index is 924. The summed E-state index contributed by atoms with van der Waals surface area (Å²) in [4.78, 5) is 12.7. The predicted molar refractivity (Wildman–Crippen MR) is 101 cm³/mol. The fourth-order valence-corrected chi connectivity index (χ4v) is 4.01. The van der Waals surface area contributed by atoms with E-state index in [2.05, 4.69) is 46.1 Å². The van der Waals surface area contributed by atoms with Crippen LogP contribution in [-0.4, -0.2) is 9.97 Å². The van der Waals surface area contributed by atoms with E-state index in [0.717, 1.165) is 9.75 Å². The molecule has 0 fully saturated rings. The van der Waals surface area contributed by atoms with Crippen LogP contribution in [0.4, 0.5) is 0 Å². The maximum absolute atomic E-state index is 4.06. The molecule has 4 aromatic heterocycles. The van der Waals surface area contributed by atoms with Gasteiger partial charge >= 0.3 is 0 Å². The van der Waals surface area contributed by atoms with Gasteiger partial charge in [-0.1, -0.05) is 0 Å². The van der Waals surface area contributed by atoms with Crippen molar-refractivity contribution >= 4 is 22.7 Å². The largest absolute Gasteiger partial charge is 0.265 e. The summed E-state index contributed by atoms with van der Waals surface area (Å²) in [6.07, 6.45) is 7.25. The molecule has 0 N–H and O–H groups in total. The molecule has 0 bridgehead atoms. The first kappa shape index (κ1) is 14.8. The number of thiophene rings is 2. The maximum atomic E-state index is 4.06. The highest BCUT2D eigenvalue weighted by Gasteiger charge is 2.02. The van der Waals surface area contributed by atoms with Crippen LogP contribution in [0.2, 0.25) is 0 Å². The van der Waals surface area contributed by atoms with E-state index in [9.17, 15) is 0 Å².